The van der Waals surface area contributed by atoms with Crippen molar-refractivity contribution in [3.8, 4) is 11.6 Å². The number of para-hydroxylation sites is 1. The Balaban J connectivity index is 2.30. The van der Waals surface area contributed by atoms with Crippen molar-refractivity contribution < 1.29 is 9.84 Å². The molecule has 0 bridgehead atoms. The fourth-order valence-corrected chi connectivity index (χ4v) is 1.60. The normalized spacial score (nSPS) is 10.3. The largest absolute Gasteiger partial charge is 0.437 e. The average molecular weight is 266 g/mol. The molecule has 0 unspecified atom stereocenters. The number of halogens is 1. The van der Waals surface area contributed by atoms with Crippen molar-refractivity contribution in [1.82, 2.24) is 9.97 Å². The summed E-state index contributed by atoms with van der Waals surface area (Å²) in [5.74, 6) is 0.799. The van der Waals surface area contributed by atoms with E-state index >= 15 is 0 Å². The van der Waals surface area contributed by atoms with Crippen molar-refractivity contribution in [3.63, 3.8) is 0 Å². The molecule has 94 valence electrons. The van der Waals surface area contributed by atoms with Crippen molar-refractivity contribution >= 4 is 17.3 Å². The first kappa shape index (κ1) is 12.6. The highest BCUT2D eigenvalue weighted by atomic mass is 35.5. The lowest BCUT2D eigenvalue weighted by molar-refractivity contribution is 0.297. The molecule has 0 radical (unpaired) electrons. The molecule has 2 aromatic rings. The van der Waals surface area contributed by atoms with Crippen LogP contribution in [0.25, 0.3) is 0 Å². The van der Waals surface area contributed by atoms with E-state index in [1.165, 1.54) is 6.20 Å². The third-order valence-electron chi connectivity index (χ3n) is 2.31. The maximum atomic E-state index is 8.98. The van der Waals surface area contributed by atoms with Crippen LogP contribution < -0.4 is 10.5 Å². The Kier molecular flexibility index (Phi) is 3.96. The summed E-state index contributed by atoms with van der Waals surface area (Å²) in [4.78, 5) is 7.66. The second kappa shape index (κ2) is 5.66. The number of aromatic nitrogens is 2. The van der Waals surface area contributed by atoms with Crippen LogP contribution in [0.3, 0.4) is 0 Å². The summed E-state index contributed by atoms with van der Waals surface area (Å²) in [6.07, 6.45) is 1.88. The molecule has 0 aliphatic heterocycles. The van der Waals surface area contributed by atoms with Crippen molar-refractivity contribution in [2.45, 2.75) is 6.42 Å². The number of aliphatic hydroxyl groups is 1. The molecular formula is C12H12ClN3O2. The van der Waals surface area contributed by atoms with Gasteiger partial charge in [-0.05, 0) is 29.7 Å². The molecule has 0 amide bonds. The Morgan fingerprint density at radius 3 is 2.89 bits per heavy atom. The SMILES string of the molecule is Nc1cnc(Cl)nc1Oc1ccccc1CCO. The molecule has 6 heteroatoms. The van der Waals surface area contributed by atoms with E-state index in [2.05, 4.69) is 9.97 Å². The van der Waals surface area contributed by atoms with Crippen LogP contribution in [0.2, 0.25) is 5.28 Å². The molecule has 0 aliphatic rings. The van der Waals surface area contributed by atoms with E-state index in [-0.39, 0.29) is 17.8 Å². The van der Waals surface area contributed by atoms with Crippen LogP contribution in [0.5, 0.6) is 11.6 Å². The van der Waals surface area contributed by atoms with Crippen molar-refractivity contribution in [1.29, 1.82) is 0 Å². The first-order chi connectivity index (χ1) is 8.70. The lowest BCUT2D eigenvalue weighted by atomic mass is 10.1. The van der Waals surface area contributed by atoms with E-state index in [1.54, 1.807) is 6.07 Å². The van der Waals surface area contributed by atoms with Crippen LogP contribution in [0.15, 0.2) is 30.5 Å². The quantitative estimate of drug-likeness (QED) is 0.827. The number of nitrogens with two attached hydrogens (primary N) is 1. The number of nitrogen functional groups attached to an aromatic ring is 1. The van der Waals surface area contributed by atoms with Gasteiger partial charge in [-0.25, -0.2) is 4.98 Å². The van der Waals surface area contributed by atoms with Gasteiger partial charge in [0.05, 0.1) is 6.20 Å². The molecule has 3 N–H and O–H groups in total. The fraction of sp³-hybridized carbons (Fsp3) is 0.167. The molecule has 1 heterocycles. The number of anilines is 1. The summed E-state index contributed by atoms with van der Waals surface area (Å²) >= 11 is 5.69. The van der Waals surface area contributed by atoms with Crippen molar-refractivity contribution in [3.05, 3.63) is 41.3 Å². The third-order valence-corrected chi connectivity index (χ3v) is 2.49. The topological polar surface area (TPSA) is 81.3 Å². The van der Waals surface area contributed by atoms with Crippen LogP contribution in [-0.2, 0) is 6.42 Å². The highest BCUT2D eigenvalue weighted by Crippen LogP contribution is 2.28. The van der Waals surface area contributed by atoms with Gasteiger partial charge in [0.1, 0.15) is 11.4 Å². The fourth-order valence-electron chi connectivity index (χ4n) is 1.47. The average Bonchev–Trinajstić information content (AvgIpc) is 2.36. The highest BCUT2D eigenvalue weighted by molar-refractivity contribution is 6.28. The molecule has 18 heavy (non-hydrogen) atoms. The van der Waals surface area contributed by atoms with Gasteiger partial charge in [0.15, 0.2) is 0 Å². The Hall–Kier alpha value is -1.85. The van der Waals surface area contributed by atoms with Crippen molar-refractivity contribution in [2.24, 2.45) is 0 Å². The number of nitrogens with zero attached hydrogens (tertiary/aromatic N) is 2. The number of hydrogen-bond acceptors (Lipinski definition) is 5. The second-order valence-corrected chi connectivity index (χ2v) is 3.92. The van der Waals surface area contributed by atoms with Gasteiger partial charge in [-0.3, -0.25) is 0 Å². The van der Waals surface area contributed by atoms with Gasteiger partial charge >= 0.3 is 0 Å². The van der Waals surface area contributed by atoms with Crippen molar-refractivity contribution in [2.75, 3.05) is 12.3 Å². The monoisotopic (exact) mass is 265 g/mol. The van der Waals surface area contributed by atoms with Crippen LogP contribution >= 0.6 is 11.6 Å². The van der Waals surface area contributed by atoms with Gasteiger partial charge in [0.25, 0.3) is 0 Å². The van der Waals surface area contributed by atoms with E-state index < -0.39 is 0 Å². The van der Waals surface area contributed by atoms with E-state index in [0.717, 1.165) is 5.56 Å². The molecule has 5 nitrogen and oxygen atoms in total. The molecule has 0 saturated carbocycles. The zero-order valence-electron chi connectivity index (χ0n) is 9.51. The number of ether oxygens (including phenoxy) is 1. The predicted octanol–water partition coefficient (Wildman–Crippen LogP) is 2.04. The number of hydrogen-bond donors (Lipinski definition) is 2. The van der Waals surface area contributed by atoms with Crippen LogP contribution in [-0.4, -0.2) is 21.7 Å². The number of rotatable bonds is 4. The molecule has 0 fully saturated rings. The second-order valence-electron chi connectivity index (χ2n) is 3.58. The predicted molar refractivity (Wildman–Crippen MR) is 68.8 cm³/mol. The summed E-state index contributed by atoms with van der Waals surface area (Å²) in [5, 5.41) is 9.05. The van der Waals surface area contributed by atoms with E-state index in [1.807, 2.05) is 18.2 Å². The standard InChI is InChI=1S/C12H12ClN3O2/c13-12-15-7-9(14)11(16-12)18-10-4-2-1-3-8(10)5-6-17/h1-4,7,17H,5-6,14H2. The van der Waals surface area contributed by atoms with Crippen LogP contribution in [0.4, 0.5) is 5.69 Å². The Bertz CT molecular complexity index is 549. The molecule has 0 aliphatic carbocycles. The summed E-state index contributed by atoms with van der Waals surface area (Å²) in [5.41, 5.74) is 6.88. The first-order valence-corrected chi connectivity index (χ1v) is 5.73. The van der Waals surface area contributed by atoms with Gasteiger partial charge in [-0.15, -0.1) is 0 Å². The van der Waals surface area contributed by atoms with E-state index in [9.17, 15) is 0 Å². The molecule has 0 spiro atoms. The highest BCUT2D eigenvalue weighted by Gasteiger charge is 2.09. The summed E-state index contributed by atoms with van der Waals surface area (Å²) in [6.45, 7) is 0.0420. The molecule has 2 rings (SSSR count). The number of benzene rings is 1. The lowest BCUT2D eigenvalue weighted by Gasteiger charge is -2.10. The maximum absolute atomic E-state index is 8.98. The molecule has 1 aromatic heterocycles. The van der Waals surface area contributed by atoms with Gasteiger partial charge in [-0.1, -0.05) is 18.2 Å². The zero-order valence-corrected chi connectivity index (χ0v) is 10.3. The minimum atomic E-state index is 0.0420. The van der Waals surface area contributed by atoms with Gasteiger partial charge in [0.2, 0.25) is 11.2 Å². The Morgan fingerprint density at radius 1 is 1.33 bits per heavy atom. The zero-order chi connectivity index (χ0) is 13.0. The third kappa shape index (κ3) is 2.88. The van der Waals surface area contributed by atoms with Gasteiger partial charge < -0.3 is 15.6 Å². The van der Waals surface area contributed by atoms with Gasteiger partial charge in [0, 0.05) is 6.61 Å². The molecular weight excluding hydrogens is 254 g/mol. The Labute approximate surface area is 109 Å². The molecule has 1 aromatic carbocycles. The smallest absolute Gasteiger partial charge is 0.247 e. The molecule has 0 saturated heterocycles. The minimum absolute atomic E-state index is 0.0420. The maximum Gasteiger partial charge on any atom is 0.247 e. The first-order valence-electron chi connectivity index (χ1n) is 5.35. The number of aliphatic hydroxyl groups excluding tert-OH is 1. The van der Waals surface area contributed by atoms with Crippen LogP contribution in [0, 0.1) is 0 Å². The summed E-state index contributed by atoms with van der Waals surface area (Å²) in [6, 6.07) is 7.34. The van der Waals surface area contributed by atoms with Gasteiger partial charge in [-0.2, -0.15) is 4.98 Å². The van der Waals surface area contributed by atoms with Crippen LogP contribution in [0.1, 0.15) is 5.56 Å². The summed E-state index contributed by atoms with van der Waals surface area (Å²) < 4.78 is 5.60. The lowest BCUT2D eigenvalue weighted by Crippen LogP contribution is -2.00. The minimum Gasteiger partial charge on any atom is -0.437 e. The Morgan fingerprint density at radius 2 is 2.11 bits per heavy atom. The summed E-state index contributed by atoms with van der Waals surface area (Å²) in [7, 11) is 0. The van der Waals surface area contributed by atoms with E-state index in [0.29, 0.717) is 17.9 Å². The molecule has 0 atom stereocenters. The van der Waals surface area contributed by atoms with E-state index in [4.69, 9.17) is 27.2 Å².